The zero-order chi connectivity index (χ0) is 11.5. The first-order chi connectivity index (χ1) is 7.68. The van der Waals surface area contributed by atoms with Crippen molar-refractivity contribution in [3.8, 4) is 0 Å². The van der Waals surface area contributed by atoms with Crippen LogP contribution in [-0.2, 0) is 9.53 Å². The van der Waals surface area contributed by atoms with Gasteiger partial charge in [-0.15, -0.1) is 11.3 Å². The van der Waals surface area contributed by atoms with Crippen LogP contribution in [0.1, 0.15) is 17.8 Å². The van der Waals surface area contributed by atoms with Crippen LogP contribution in [0.3, 0.4) is 0 Å². The number of carbonyl (C=O) groups is 1. The fraction of sp³-hybridized carbons (Fsp3) is 0.545. The van der Waals surface area contributed by atoms with E-state index in [0.717, 1.165) is 4.88 Å². The second kappa shape index (κ2) is 4.95. The third kappa shape index (κ3) is 2.42. The predicted molar refractivity (Wildman–Crippen MR) is 63.2 cm³/mol. The lowest BCUT2D eigenvalue weighted by atomic mass is 10.0. The Kier molecular flexibility index (Phi) is 3.58. The van der Waals surface area contributed by atoms with Crippen LogP contribution in [0.2, 0.25) is 0 Å². The highest BCUT2D eigenvalue weighted by Crippen LogP contribution is 2.20. The third-order valence-electron chi connectivity index (χ3n) is 2.79. The minimum absolute atomic E-state index is 0.00843. The number of thiophene rings is 1. The first-order valence-electron chi connectivity index (χ1n) is 5.35. The molecule has 3 atom stereocenters. The number of nitrogens with one attached hydrogen (secondary N) is 1. The average molecular weight is 240 g/mol. The summed E-state index contributed by atoms with van der Waals surface area (Å²) in [6.45, 7) is 2.89. The summed E-state index contributed by atoms with van der Waals surface area (Å²) < 4.78 is 5.18. The lowest BCUT2D eigenvalue weighted by Gasteiger charge is -2.17. The summed E-state index contributed by atoms with van der Waals surface area (Å²) in [4.78, 5) is 13.0. The molecule has 1 aromatic heterocycles. The molecule has 0 radical (unpaired) electrons. The lowest BCUT2D eigenvalue weighted by Crippen LogP contribution is -2.41. The van der Waals surface area contributed by atoms with E-state index in [1.165, 1.54) is 0 Å². The van der Waals surface area contributed by atoms with E-state index in [2.05, 4.69) is 5.32 Å². The number of hydrogen-bond donors (Lipinski definition) is 2. The second-order valence-corrected chi connectivity index (χ2v) is 5.03. The standard InChI is InChI=1S/C11H16N2O2S/c1-7(10-3-2-4-16-10)13-11(14)8-5-15-6-9(8)12/h2-4,7-9H,5-6,12H2,1H3,(H,13,14)/t7-,8?,9?/m1/s1. The van der Waals surface area contributed by atoms with Crippen LogP contribution < -0.4 is 11.1 Å². The molecule has 0 saturated carbocycles. The molecule has 1 amide bonds. The quantitative estimate of drug-likeness (QED) is 0.825. The van der Waals surface area contributed by atoms with E-state index >= 15 is 0 Å². The first kappa shape index (κ1) is 11.6. The van der Waals surface area contributed by atoms with Gasteiger partial charge >= 0.3 is 0 Å². The Bertz CT molecular complexity index is 353. The SMILES string of the molecule is C[C@@H](NC(=O)C1COCC1N)c1cccs1. The van der Waals surface area contributed by atoms with Crippen molar-refractivity contribution in [2.45, 2.75) is 19.0 Å². The summed E-state index contributed by atoms with van der Waals surface area (Å²) in [5.74, 6) is -0.215. The predicted octanol–water partition coefficient (Wildman–Crippen LogP) is 0.899. The van der Waals surface area contributed by atoms with E-state index in [9.17, 15) is 4.79 Å². The Labute approximate surface area is 98.8 Å². The Hall–Kier alpha value is -0.910. The van der Waals surface area contributed by atoms with Gasteiger partial charge in [0.25, 0.3) is 0 Å². The fourth-order valence-corrected chi connectivity index (χ4v) is 2.50. The van der Waals surface area contributed by atoms with Crippen molar-refractivity contribution >= 4 is 17.2 Å². The fourth-order valence-electron chi connectivity index (χ4n) is 1.77. The number of amides is 1. The van der Waals surface area contributed by atoms with Gasteiger partial charge in [0, 0.05) is 10.9 Å². The van der Waals surface area contributed by atoms with Crippen molar-refractivity contribution in [3.05, 3.63) is 22.4 Å². The Morgan fingerprint density at radius 1 is 1.69 bits per heavy atom. The molecule has 0 aliphatic carbocycles. The van der Waals surface area contributed by atoms with Crippen molar-refractivity contribution in [3.63, 3.8) is 0 Å². The summed E-state index contributed by atoms with van der Waals surface area (Å²) in [5, 5.41) is 4.97. The van der Waals surface area contributed by atoms with Gasteiger partial charge in [0.05, 0.1) is 25.2 Å². The van der Waals surface area contributed by atoms with Gasteiger partial charge in [-0.1, -0.05) is 6.07 Å². The van der Waals surface area contributed by atoms with Gasteiger partial charge in [0.15, 0.2) is 0 Å². The van der Waals surface area contributed by atoms with Crippen LogP contribution in [0.25, 0.3) is 0 Å². The number of ether oxygens (including phenoxy) is 1. The van der Waals surface area contributed by atoms with Crippen LogP contribution >= 0.6 is 11.3 Å². The molecule has 1 saturated heterocycles. The lowest BCUT2D eigenvalue weighted by molar-refractivity contribution is -0.125. The molecule has 4 nitrogen and oxygen atoms in total. The molecule has 0 aromatic carbocycles. The molecule has 2 unspecified atom stereocenters. The largest absolute Gasteiger partial charge is 0.379 e. The highest BCUT2D eigenvalue weighted by atomic mass is 32.1. The molecule has 0 bridgehead atoms. The van der Waals surface area contributed by atoms with Crippen molar-refractivity contribution in [2.24, 2.45) is 11.7 Å². The van der Waals surface area contributed by atoms with Crippen LogP contribution in [0.15, 0.2) is 17.5 Å². The normalized spacial score (nSPS) is 26.6. The molecule has 1 aliphatic heterocycles. The monoisotopic (exact) mass is 240 g/mol. The minimum Gasteiger partial charge on any atom is -0.379 e. The summed E-state index contributed by atoms with van der Waals surface area (Å²) in [7, 11) is 0. The van der Waals surface area contributed by atoms with E-state index in [0.29, 0.717) is 13.2 Å². The number of hydrogen-bond acceptors (Lipinski definition) is 4. The van der Waals surface area contributed by atoms with Crippen LogP contribution in [-0.4, -0.2) is 25.2 Å². The zero-order valence-electron chi connectivity index (χ0n) is 9.18. The highest BCUT2D eigenvalue weighted by Gasteiger charge is 2.31. The Morgan fingerprint density at radius 2 is 2.50 bits per heavy atom. The second-order valence-electron chi connectivity index (χ2n) is 4.05. The van der Waals surface area contributed by atoms with Crippen LogP contribution in [0, 0.1) is 5.92 Å². The maximum Gasteiger partial charge on any atom is 0.227 e. The maximum atomic E-state index is 11.9. The van der Waals surface area contributed by atoms with Crippen molar-refractivity contribution < 1.29 is 9.53 Å². The smallest absolute Gasteiger partial charge is 0.227 e. The van der Waals surface area contributed by atoms with E-state index in [-0.39, 0.29) is 23.9 Å². The average Bonchev–Trinajstić information content (AvgIpc) is 2.86. The molecule has 1 fully saturated rings. The molecule has 3 N–H and O–H groups in total. The van der Waals surface area contributed by atoms with Gasteiger partial charge in [-0.05, 0) is 18.4 Å². The number of carbonyl (C=O) groups excluding carboxylic acids is 1. The highest BCUT2D eigenvalue weighted by molar-refractivity contribution is 7.10. The van der Waals surface area contributed by atoms with E-state index in [4.69, 9.17) is 10.5 Å². The van der Waals surface area contributed by atoms with Crippen molar-refractivity contribution in [2.75, 3.05) is 13.2 Å². The van der Waals surface area contributed by atoms with Gasteiger partial charge in [-0.25, -0.2) is 0 Å². The molecule has 2 rings (SSSR count). The number of nitrogens with two attached hydrogens (primary N) is 1. The third-order valence-corrected chi connectivity index (χ3v) is 3.85. The van der Waals surface area contributed by atoms with Crippen LogP contribution in [0.5, 0.6) is 0 Å². The van der Waals surface area contributed by atoms with Crippen molar-refractivity contribution in [1.29, 1.82) is 0 Å². The summed E-state index contributed by atoms with van der Waals surface area (Å²) in [5.41, 5.74) is 5.79. The van der Waals surface area contributed by atoms with E-state index in [1.807, 2.05) is 24.4 Å². The molecular formula is C11H16N2O2S. The van der Waals surface area contributed by atoms with Gasteiger partial charge in [0.1, 0.15) is 0 Å². The summed E-state index contributed by atoms with van der Waals surface area (Å²) in [6, 6.07) is 3.86. The molecule has 5 heteroatoms. The minimum atomic E-state index is -0.206. The Balaban J connectivity index is 1.92. The van der Waals surface area contributed by atoms with Gasteiger partial charge in [-0.2, -0.15) is 0 Å². The molecule has 2 heterocycles. The maximum absolute atomic E-state index is 11.9. The molecular weight excluding hydrogens is 224 g/mol. The summed E-state index contributed by atoms with van der Waals surface area (Å²) in [6.07, 6.45) is 0. The molecule has 1 aromatic rings. The molecule has 16 heavy (non-hydrogen) atoms. The van der Waals surface area contributed by atoms with Gasteiger partial charge < -0.3 is 15.8 Å². The van der Waals surface area contributed by atoms with Gasteiger partial charge in [0.2, 0.25) is 5.91 Å². The van der Waals surface area contributed by atoms with Gasteiger partial charge in [-0.3, -0.25) is 4.79 Å². The molecule has 0 spiro atoms. The topological polar surface area (TPSA) is 64.3 Å². The summed E-state index contributed by atoms with van der Waals surface area (Å²) >= 11 is 1.64. The van der Waals surface area contributed by atoms with Crippen molar-refractivity contribution in [1.82, 2.24) is 5.32 Å². The van der Waals surface area contributed by atoms with E-state index in [1.54, 1.807) is 11.3 Å². The van der Waals surface area contributed by atoms with Crippen LogP contribution in [0.4, 0.5) is 0 Å². The first-order valence-corrected chi connectivity index (χ1v) is 6.23. The molecule has 1 aliphatic rings. The number of rotatable bonds is 3. The van der Waals surface area contributed by atoms with E-state index < -0.39 is 0 Å². The molecule has 88 valence electrons. The zero-order valence-corrected chi connectivity index (χ0v) is 10.00. The Morgan fingerprint density at radius 3 is 3.06 bits per heavy atom.